The maximum Gasteiger partial charge on any atom is 0.262 e. The van der Waals surface area contributed by atoms with Gasteiger partial charge < -0.3 is 14.4 Å². The van der Waals surface area contributed by atoms with Crippen molar-refractivity contribution in [2.24, 2.45) is 0 Å². The summed E-state index contributed by atoms with van der Waals surface area (Å²) in [5, 5.41) is 0.630. The van der Waals surface area contributed by atoms with Crippen LogP contribution in [0.15, 0.2) is 21.4 Å². The summed E-state index contributed by atoms with van der Waals surface area (Å²) in [5.41, 5.74) is 1.70. The molecule has 0 aliphatic carbocycles. The van der Waals surface area contributed by atoms with Gasteiger partial charge in [-0.25, -0.2) is 4.98 Å². The van der Waals surface area contributed by atoms with E-state index in [0.717, 1.165) is 23.1 Å². The second kappa shape index (κ2) is 6.98. The van der Waals surface area contributed by atoms with Gasteiger partial charge in [0.15, 0.2) is 0 Å². The van der Waals surface area contributed by atoms with Crippen molar-refractivity contribution in [1.29, 1.82) is 0 Å². The SMILES string of the molecule is COCCn1c(N2CCOCC2)nc2c(Br)cc(C)cc2c1=O. The average Bonchev–Trinajstić information content (AvgIpc) is 2.55. The fourth-order valence-corrected chi connectivity index (χ4v) is 3.46. The van der Waals surface area contributed by atoms with Gasteiger partial charge in [0.25, 0.3) is 5.56 Å². The van der Waals surface area contributed by atoms with Gasteiger partial charge in [0.2, 0.25) is 5.95 Å². The van der Waals surface area contributed by atoms with Crippen molar-refractivity contribution in [3.05, 3.63) is 32.5 Å². The maximum absolute atomic E-state index is 13.0. The third-order valence-corrected chi connectivity index (χ3v) is 4.55. The number of hydrogen-bond acceptors (Lipinski definition) is 5. The summed E-state index contributed by atoms with van der Waals surface area (Å²) in [5.74, 6) is 0.687. The van der Waals surface area contributed by atoms with E-state index in [-0.39, 0.29) is 5.56 Å². The molecular formula is C16H20BrN3O3. The zero-order chi connectivity index (χ0) is 16.4. The smallest absolute Gasteiger partial charge is 0.262 e. The highest BCUT2D eigenvalue weighted by molar-refractivity contribution is 9.10. The van der Waals surface area contributed by atoms with Crippen molar-refractivity contribution < 1.29 is 9.47 Å². The van der Waals surface area contributed by atoms with Gasteiger partial charge in [-0.2, -0.15) is 0 Å². The highest BCUT2D eigenvalue weighted by Crippen LogP contribution is 2.24. The van der Waals surface area contributed by atoms with Crippen molar-refractivity contribution >= 4 is 32.8 Å². The number of hydrogen-bond donors (Lipinski definition) is 0. The van der Waals surface area contributed by atoms with Crippen LogP contribution in [0.5, 0.6) is 0 Å². The molecule has 0 saturated carbocycles. The summed E-state index contributed by atoms with van der Waals surface area (Å²) in [7, 11) is 1.63. The monoisotopic (exact) mass is 381 g/mol. The van der Waals surface area contributed by atoms with Crippen LogP contribution in [0.25, 0.3) is 10.9 Å². The summed E-state index contributed by atoms with van der Waals surface area (Å²) in [6.07, 6.45) is 0. The molecule has 6 nitrogen and oxygen atoms in total. The molecule has 0 atom stereocenters. The molecule has 1 aromatic heterocycles. The fourth-order valence-electron chi connectivity index (χ4n) is 2.80. The van der Waals surface area contributed by atoms with E-state index in [0.29, 0.717) is 43.2 Å². The molecule has 124 valence electrons. The Balaban J connectivity index is 2.20. The lowest BCUT2D eigenvalue weighted by Gasteiger charge is -2.30. The second-order valence-electron chi connectivity index (χ2n) is 5.60. The molecule has 1 aromatic carbocycles. The molecule has 2 aromatic rings. The molecule has 3 rings (SSSR count). The summed E-state index contributed by atoms with van der Waals surface area (Å²) >= 11 is 3.54. The standard InChI is InChI=1S/C16H20BrN3O3/c1-11-9-12-14(13(17)10-11)18-16(19-3-7-23-8-4-19)20(15(12)21)5-6-22-2/h9-10H,3-8H2,1-2H3. The normalized spacial score (nSPS) is 15.3. The zero-order valence-corrected chi connectivity index (χ0v) is 14.9. The predicted molar refractivity (Wildman–Crippen MR) is 93.3 cm³/mol. The first-order valence-electron chi connectivity index (χ1n) is 7.64. The van der Waals surface area contributed by atoms with E-state index in [1.54, 1.807) is 11.7 Å². The Labute approximate surface area is 143 Å². The lowest BCUT2D eigenvalue weighted by Crippen LogP contribution is -2.41. The van der Waals surface area contributed by atoms with Crippen molar-refractivity contribution in [1.82, 2.24) is 9.55 Å². The van der Waals surface area contributed by atoms with Crippen LogP contribution in [0.3, 0.4) is 0 Å². The number of aryl methyl sites for hydroxylation is 1. The number of benzene rings is 1. The van der Waals surface area contributed by atoms with E-state index in [2.05, 4.69) is 20.8 Å². The highest BCUT2D eigenvalue weighted by atomic mass is 79.9. The van der Waals surface area contributed by atoms with E-state index < -0.39 is 0 Å². The fraction of sp³-hybridized carbons (Fsp3) is 0.500. The Kier molecular flexibility index (Phi) is 4.99. The molecule has 1 aliphatic heterocycles. The van der Waals surface area contributed by atoms with Gasteiger partial charge in [-0.3, -0.25) is 9.36 Å². The third kappa shape index (κ3) is 3.27. The number of rotatable bonds is 4. The van der Waals surface area contributed by atoms with Gasteiger partial charge in [-0.1, -0.05) is 0 Å². The van der Waals surface area contributed by atoms with E-state index in [9.17, 15) is 4.79 Å². The quantitative estimate of drug-likeness (QED) is 0.809. The van der Waals surface area contributed by atoms with E-state index in [4.69, 9.17) is 14.5 Å². The molecule has 2 heterocycles. The van der Waals surface area contributed by atoms with Crippen LogP contribution in [0, 0.1) is 6.92 Å². The Morgan fingerprint density at radius 2 is 2.09 bits per heavy atom. The lowest BCUT2D eigenvalue weighted by molar-refractivity contribution is 0.121. The number of fused-ring (bicyclic) bond motifs is 1. The number of nitrogens with zero attached hydrogens (tertiary/aromatic N) is 3. The molecule has 0 spiro atoms. The molecule has 1 fully saturated rings. The minimum atomic E-state index is -0.0297. The Bertz CT molecular complexity index is 769. The minimum absolute atomic E-state index is 0.0297. The van der Waals surface area contributed by atoms with Crippen molar-refractivity contribution in [2.45, 2.75) is 13.5 Å². The molecule has 0 unspecified atom stereocenters. The first kappa shape index (κ1) is 16.4. The van der Waals surface area contributed by atoms with Crippen LogP contribution in [0.4, 0.5) is 5.95 Å². The van der Waals surface area contributed by atoms with Gasteiger partial charge in [0.1, 0.15) is 0 Å². The predicted octanol–water partition coefficient (Wildman–Crippen LogP) is 1.95. The van der Waals surface area contributed by atoms with Crippen molar-refractivity contribution in [3.63, 3.8) is 0 Å². The lowest BCUT2D eigenvalue weighted by atomic mass is 10.1. The number of methoxy groups -OCH3 is 1. The first-order chi connectivity index (χ1) is 11.1. The summed E-state index contributed by atoms with van der Waals surface area (Å²) in [6.45, 7) is 5.68. The number of morpholine rings is 1. The van der Waals surface area contributed by atoms with Gasteiger partial charge in [-0.15, -0.1) is 0 Å². The molecule has 0 radical (unpaired) electrons. The van der Waals surface area contributed by atoms with Crippen LogP contribution < -0.4 is 10.5 Å². The Hall–Kier alpha value is -1.44. The Morgan fingerprint density at radius 1 is 1.35 bits per heavy atom. The molecule has 1 saturated heterocycles. The average molecular weight is 382 g/mol. The van der Waals surface area contributed by atoms with E-state index in [1.807, 2.05) is 19.1 Å². The number of anilines is 1. The Morgan fingerprint density at radius 3 is 2.78 bits per heavy atom. The highest BCUT2D eigenvalue weighted by Gasteiger charge is 2.20. The van der Waals surface area contributed by atoms with Crippen LogP contribution in [-0.4, -0.2) is 49.6 Å². The van der Waals surface area contributed by atoms with Gasteiger partial charge in [0, 0.05) is 24.7 Å². The number of aromatic nitrogens is 2. The maximum atomic E-state index is 13.0. The van der Waals surface area contributed by atoms with Crippen molar-refractivity contribution in [3.8, 4) is 0 Å². The number of halogens is 1. The summed E-state index contributed by atoms with van der Waals surface area (Å²) < 4.78 is 13.1. The van der Waals surface area contributed by atoms with Crippen LogP contribution >= 0.6 is 15.9 Å². The van der Waals surface area contributed by atoms with E-state index in [1.165, 1.54) is 0 Å². The second-order valence-corrected chi connectivity index (χ2v) is 6.46. The van der Waals surface area contributed by atoms with Crippen LogP contribution in [0.2, 0.25) is 0 Å². The molecule has 7 heteroatoms. The zero-order valence-electron chi connectivity index (χ0n) is 13.3. The molecule has 23 heavy (non-hydrogen) atoms. The first-order valence-corrected chi connectivity index (χ1v) is 8.43. The summed E-state index contributed by atoms with van der Waals surface area (Å²) in [4.78, 5) is 19.9. The third-order valence-electron chi connectivity index (χ3n) is 3.95. The minimum Gasteiger partial charge on any atom is -0.383 e. The largest absolute Gasteiger partial charge is 0.383 e. The molecule has 0 bridgehead atoms. The van der Waals surface area contributed by atoms with Crippen LogP contribution in [-0.2, 0) is 16.0 Å². The molecule has 0 N–H and O–H groups in total. The molecular weight excluding hydrogens is 362 g/mol. The van der Waals surface area contributed by atoms with E-state index >= 15 is 0 Å². The van der Waals surface area contributed by atoms with Crippen molar-refractivity contribution in [2.75, 3.05) is 44.9 Å². The summed E-state index contributed by atoms with van der Waals surface area (Å²) in [6, 6.07) is 3.87. The van der Waals surface area contributed by atoms with Gasteiger partial charge >= 0.3 is 0 Å². The molecule has 1 aliphatic rings. The van der Waals surface area contributed by atoms with Crippen LogP contribution in [0.1, 0.15) is 5.56 Å². The molecule has 0 amide bonds. The van der Waals surface area contributed by atoms with Gasteiger partial charge in [0.05, 0.1) is 37.3 Å². The number of ether oxygens (including phenoxy) is 2. The topological polar surface area (TPSA) is 56.6 Å². The van der Waals surface area contributed by atoms with Gasteiger partial charge in [-0.05, 0) is 40.5 Å².